The number of hydrogen-bond acceptors (Lipinski definition) is 4. The van der Waals surface area contributed by atoms with Gasteiger partial charge in [-0.2, -0.15) is 5.10 Å². The van der Waals surface area contributed by atoms with E-state index in [1.54, 1.807) is 6.33 Å². The molecule has 1 aliphatic heterocycles. The highest BCUT2D eigenvalue weighted by atomic mass is 16.1. The lowest BCUT2D eigenvalue weighted by molar-refractivity contribution is -0.127. The van der Waals surface area contributed by atoms with Gasteiger partial charge < -0.3 is 0 Å². The van der Waals surface area contributed by atoms with Crippen LogP contribution in [0.15, 0.2) is 6.33 Å². The van der Waals surface area contributed by atoms with Gasteiger partial charge in [0.1, 0.15) is 17.9 Å². The van der Waals surface area contributed by atoms with Crippen molar-refractivity contribution in [2.24, 2.45) is 5.92 Å². The molecular formula is C16H26N4O. The third kappa shape index (κ3) is 3.18. The van der Waals surface area contributed by atoms with Crippen molar-refractivity contribution in [1.29, 1.82) is 0 Å². The molecule has 1 aliphatic carbocycles. The Balaban J connectivity index is 1.73. The fourth-order valence-corrected chi connectivity index (χ4v) is 3.94. The van der Waals surface area contributed by atoms with Crippen molar-refractivity contribution >= 4 is 5.78 Å². The quantitative estimate of drug-likeness (QED) is 0.854. The Morgan fingerprint density at radius 2 is 2.10 bits per heavy atom. The molecule has 0 amide bonds. The summed E-state index contributed by atoms with van der Waals surface area (Å²) < 4.78 is 1.97. The molecule has 2 aliphatic rings. The average Bonchev–Trinajstić information content (AvgIpc) is 2.96. The molecule has 116 valence electrons. The summed E-state index contributed by atoms with van der Waals surface area (Å²) >= 11 is 0. The summed E-state index contributed by atoms with van der Waals surface area (Å²) in [6.45, 7) is 4.88. The predicted octanol–water partition coefficient (Wildman–Crippen LogP) is 2.41. The van der Waals surface area contributed by atoms with Gasteiger partial charge in [-0.25, -0.2) is 9.67 Å². The Hall–Kier alpha value is -1.23. The van der Waals surface area contributed by atoms with Crippen LogP contribution in [-0.4, -0.2) is 38.0 Å². The van der Waals surface area contributed by atoms with Crippen molar-refractivity contribution in [3.63, 3.8) is 0 Å². The first-order valence-corrected chi connectivity index (χ1v) is 8.43. The van der Waals surface area contributed by atoms with Crippen molar-refractivity contribution < 1.29 is 4.79 Å². The van der Waals surface area contributed by atoms with Gasteiger partial charge in [-0.3, -0.25) is 9.69 Å². The van der Waals surface area contributed by atoms with Crippen LogP contribution in [0.3, 0.4) is 0 Å². The number of aromatic nitrogens is 3. The first-order valence-electron chi connectivity index (χ1n) is 8.43. The molecule has 0 radical (unpaired) electrons. The summed E-state index contributed by atoms with van der Waals surface area (Å²) in [5.41, 5.74) is 0. The molecule has 0 aromatic carbocycles. The summed E-state index contributed by atoms with van der Waals surface area (Å²) in [5.74, 6) is 1.79. The number of Topliss-reactive ketones (excluding diaryl/α,β-unsaturated/α-hetero) is 1. The maximum Gasteiger partial charge on any atom is 0.141 e. The van der Waals surface area contributed by atoms with Crippen LogP contribution in [0, 0.1) is 5.92 Å². The molecule has 0 spiro atoms. The van der Waals surface area contributed by atoms with E-state index in [1.165, 1.54) is 19.3 Å². The van der Waals surface area contributed by atoms with Crippen molar-refractivity contribution in [3.05, 3.63) is 12.2 Å². The van der Waals surface area contributed by atoms with Gasteiger partial charge in [0.05, 0.1) is 6.54 Å². The smallest absolute Gasteiger partial charge is 0.141 e. The first kappa shape index (κ1) is 14.7. The zero-order valence-electron chi connectivity index (χ0n) is 13.0. The Morgan fingerprint density at radius 3 is 2.90 bits per heavy atom. The molecule has 21 heavy (non-hydrogen) atoms. The number of hydrogen-bond donors (Lipinski definition) is 0. The van der Waals surface area contributed by atoms with Crippen LogP contribution in [0.2, 0.25) is 0 Å². The molecule has 1 saturated heterocycles. The van der Waals surface area contributed by atoms with Gasteiger partial charge in [-0.05, 0) is 39.2 Å². The standard InChI is InChI=1S/C16H26N4O/c1-2-20-16(17-12-18-20)11-19-10-6-5-8-14(19)13-7-3-4-9-15(13)21/h12-14H,2-11H2,1H3. The molecule has 5 heteroatoms. The summed E-state index contributed by atoms with van der Waals surface area (Å²) in [5, 5.41) is 4.26. The Morgan fingerprint density at radius 1 is 1.24 bits per heavy atom. The number of likely N-dealkylation sites (tertiary alicyclic amines) is 1. The normalized spacial score (nSPS) is 28.0. The zero-order valence-corrected chi connectivity index (χ0v) is 13.0. The number of carbonyl (C=O) groups excluding carboxylic acids is 1. The lowest BCUT2D eigenvalue weighted by Crippen LogP contribution is -2.47. The van der Waals surface area contributed by atoms with E-state index in [0.29, 0.717) is 11.8 Å². The molecule has 2 unspecified atom stereocenters. The van der Waals surface area contributed by atoms with Crippen LogP contribution < -0.4 is 0 Å². The van der Waals surface area contributed by atoms with Crippen molar-refractivity contribution in [3.8, 4) is 0 Å². The van der Waals surface area contributed by atoms with E-state index in [2.05, 4.69) is 21.9 Å². The van der Waals surface area contributed by atoms with Crippen LogP contribution in [0.1, 0.15) is 57.7 Å². The second kappa shape index (κ2) is 6.69. The van der Waals surface area contributed by atoms with E-state index in [0.717, 1.165) is 51.1 Å². The zero-order chi connectivity index (χ0) is 14.7. The molecule has 2 fully saturated rings. The van der Waals surface area contributed by atoms with E-state index in [9.17, 15) is 4.79 Å². The molecular weight excluding hydrogens is 264 g/mol. The highest BCUT2D eigenvalue weighted by Crippen LogP contribution is 2.32. The molecule has 0 N–H and O–H groups in total. The summed E-state index contributed by atoms with van der Waals surface area (Å²) in [7, 11) is 0. The maximum absolute atomic E-state index is 12.3. The van der Waals surface area contributed by atoms with Crippen LogP contribution in [0.5, 0.6) is 0 Å². The van der Waals surface area contributed by atoms with Gasteiger partial charge in [-0.1, -0.05) is 12.8 Å². The van der Waals surface area contributed by atoms with Crippen LogP contribution in [-0.2, 0) is 17.9 Å². The fourth-order valence-electron chi connectivity index (χ4n) is 3.94. The molecule has 1 saturated carbocycles. The van der Waals surface area contributed by atoms with Crippen LogP contribution in [0.25, 0.3) is 0 Å². The van der Waals surface area contributed by atoms with Crippen molar-refractivity contribution in [2.45, 2.75) is 71.0 Å². The summed E-state index contributed by atoms with van der Waals surface area (Å²) in [4.78, 5) is 19.2. The highest BCUT2D eigenvalue weighted by Gasteiger charge is 2.35. The number of ketones is 1. The lowest BCUT2D eigenvalue weighted by Gasteiger charge is -2.40. The van der Waals surface area contributed by atoms with Gasteiger partial charge in [0.2, 0.25) is 0 Å². The third-order valence-electron chi connectivity index (χ3n) is 5.07. The molecule has 3 rings (SSSR count). The molecule has 5 nitrogen and oxygen atoms in total. The number of piperidine rings is 1. The molecule has 1 aromatic heterocycles. The van der Waals surface area contributed by atoms with Gasteiger partial charge in [0, 0.05) is 24.9 Å². The molecule has 0 bridgehead atoms. The Bertz CT molecular complexity index is 484. The van der Waals surface area contributed by atoms with E-state index in [1.807, 2.05) is 4.68 Å². The minimum Gasteiger partial charge on any atom is -0.299 e. The largest absolute Gasteiger partial charge is 0.299 e. The van der Waals surface area contributed by atoms with Gasteiger partial charge in [-0.15, -0.1) is 0 Å². The van der Waals surface area contributed by atoms with E-state index in [4.69, 9.17) is 0 Å². The Labute approximate surface area is 126 Å². The topological polar surface area (TPSA) is 51.0 Å². The maximum atomic E-state index is 12.3. The second-order valence-corrected chi connectivity index (χ2v) is 6.34. The minimum atomic E-state index is 0.261. The number of carbonyl (C=O) groups is 1. The van der Waals surface area contributed by atoms with E-state index in [-0.39, 0.29) is 5.92 Å². The monoisotopic (exact) mass is 290 g/mol. The number of aryl methyl sites for hydroxylation is 1. The Kier molecular flexibility index (Phi) is 4.68. The highest BCUT2D eigenvalue weighted by molar-refractivity contribution is 5.82. The molecule has 2 atom stereocenters. The van der Waals surface area contributed by atoms with E-state index < -0.39 is 0 Å². The fraction of sp³-hybridized carbons (Fsp3) is 0.812. The summed E-state index contributed by atoms with van der Waals surface area (Å²) in [6.07, 6.45) is 9.47. The number of nitrogens with zero attached hydrogens (tertiary/aromatic N) is 4. The van der Waals surface area contributed by atoms with Crippen molar-refractivity contribution in [1.82, 2.24) is 19.7 Å². The minimum absolute atomic E-state index is 0.261. The van der Waals surface area contributed by atoms with Gasteiger partial charge in [0.15, 0.2) is 0 Å². The SMILES string of the molecule is CCn1ncnc1CN1CCCCC1C1CCCCC1=O. The van der Waals surface area contributed by atoms with E-state index >= 15 is 0 Å². The number of rotatable bonds is 4. The van der Waals surface area contributed by atoms with Crippen LogP contribution in [0.4, 0.5) is 0 Å². The van der Waals surface area contributed by atoms with Gasteiger partial charge >= 0.3 is 0 Å². The van der Waals surface area contributed by atoms with Crippen molar-refractivity contribution in [2.75, 3.05) is 6.54 Å². The van der Waals surface area contributed by atoms with Gasteiger partial charge in [0.25, 0.3) is 0 Å². The molecule has 2 heterocycles. The average molecular weight is 290 g/mol. The second-order valence-electron chi connectivity index (χ2n) is 6.34. The first-order chi connectivity index (χ1) is 10.3. The third-order valence-corrected chi connectivity index (χ3v) is 5.07. The summed E-state index contributed by atoms with van der Waals surface area (Å²) in [6, 6.07) is 0.425. The molecule has 1 aromatic rings. The lowest BCUT2D eigenvalue weighted by atomic mass is 9.79. The predicted molar refractivity (Wildman–Crippen MR) is 80.7 cm³/mol. The van der Waals surface area contributed by atoms with Crippen LogP contribution >= 0.6 is 0 Å².